The Morgan fingerprint density at radius 3 is 2.75 bits per heavy atom. The molecule has 0 bridgehead atoms. The fourth-order valence-corrected chi connectivity index (χ4v) is 2.41. The van der Waals surface area contributed by atoms with Gasteiger partial charge in [0.05, 0.1) is 17.8 Å². The predicted octanol–water partition coefficient (Wildman–Crippen LogP) is 3.69. The third kappa shape index (κ3) is 2.44. The van der Waals surface area contributed by atoms with Crippen LogP contribution in [0, 0.1) is 11.3 Å². The number of fused-ring (bicyclic) bond motifs is 3. The molecule has 0 amide bonds. The number of para-hydroxylation sites is 1. The Balaban J connectivity index is 1.64. The minimum absolute atomic E-state index is 0.501. The molecule has 4 rings (SSSR count). The van der Waals surface area contributed by atoms with Crippen molar-refractivity contribution in [3.05, 3.63) is 66.0 Å². The lowest BCUT2D eigenvalue weighted by Crippen LogP contribution is -1.94. The molecule has 2 aromatic heterocycles. The molecule has 6 nitrogen and oxygen atoms in total. The van der Waals surface area contributed by atoms with Crippen LogP contribution in [0.15, 0.2) is 64.4 Å². The minimum atomic E-state index is 0.501. The molecular weight excluding hydrogens is 302 g/mol. The fraction of sp³-hybridized carbons (Fsp3) is 0. The van der Waals surface area contributed by atoms with Crippen molar-refractivity contribution >= 4 is 34.1 Å². The molecule has 6 heteroatoms. The number of benzene rings is 2. The number of hydrogen-bond acceptors (Lipinski definition) is 6. The molecule has 0 atom stereocenters. The fourth-order valence-electron chi connectivity index (χ4n) is 2.41. The molecule has 0 fully saturated rings. The number of hydrazone groups is 1. The molecule has 0 radical (unpaired) electrons. The van der Waals surface area contributed by atoms with E-state index in [1.54, 1.807) is 18.3 Å². The summed E-state index contributed by atoms with van der Waals surface area (Å²) in [5, 5.41) is 13.9. The number of nitrogens with one attached hydrogen (secondary N) is 1. The maximum absolute atomic E-state index is 8.79. The second-order valence-electron chi connectivity index (χ2n) is 5.10. The highest BCUT2D eigenvalue weighted by Gasteiger charge is 2.11. The third-order valence-electron chi connectivity index (χ3n) is 3.58. The highest BCUT2D eigenvalue weighted by atomic mass is 16.3. The van der Waals surface area contributed by atoms with E-state index in [-0.39, 0.29) is 0 Å². The maximum Gasteiger partial charge on any atom is 0.197 e. The Morgan fingerprint density at radius 2 is 1.92 bits per heavy atom. The van der Waals surface area contributed by atoms with Gasteiger partial charge < -0.3 is 4.42 Å². The van der Waals surface area contributed by atoms with Crippen LogP contribution in [0.1, 0.15) is 11.1 Å². The van der Waals surface area contributed by atoms with E-state index in [4.69, 9.17) is 9.68 Å². The van der Waals surface area contributed by atoms with E-state index in [0.29, 0.717) is 17.0 Å². The molecular formula is C18H11N5O. The minimum Gasteiger partial charge on any atom is -0.450 e. The average molecular weight is 313 g/mol. The van der Waals surface area contributed by atoms with Gasteiger partial charge >= 0.3 is 0 Å². The molecule has 0 unspecified atom stereocenters. The van der Waals surface area contributed by atoms with Gasteiger partial charge in [-0.15, -0.1) is 0 Å². The Hall–Kier alpha value is -3.72. The van der Waals surface area contributed by atoms with Crippen molar-refractivity contribution in [1.29, 1.82) is 5.26 Å². The van der Waals surface area contributed by atoms with Crippen molar-refractivity contribution in [2.24, 2.45) is 5.10 Å². The van der Waals surface area contributed by atoms with Crippen LogP contribution in [-0.2, 0) is 0 Å². The van der Waals surface area contributed by atoms with Crippen LogP contribution in [0.4, 0.5) is 5.82 Å². The van der Waals surface area contributed by atoms with Gasteiger partial charge in [0.1, 0.15) is 17.4 Å². The number of rotatable bonds is 3. The topological polar surface area (TPSA) is 87.1 Å². The summed E-state index contributed by atoms with van der Waals surface area (Å²) in [7, 11) is 0. The van der Waals surface area contributed by atoms with E-state index in [1.807, 2.05) is 36.4 Å². The van der Waals surface area contributed by atoms with Gasteiger partial charge in [0.15, 0.2) is 11.4 Å². The van der Waals surface area contributed by atoms with E-state index < -0.39 is 0 Å². The third-order valence-corrected chi connectivity index (χ3v) is 3.58. The summed E-state index contributed by atoms with van der Waals surface area (Å²) in [6.45, 7) is 0. The van der Waals surface area contributed by atoms with Gasteiger partial charge in [-0.3, -0.25) is 5.43 Å². The summed E-state index contributed by atoms with van der Waals surface area (Å²) in [4.78, 5) is 8.48. The molecule has 2 heterocycles. The van der Waals surface area contributed by atoms with Gasteiger partial charge in [-0.2, -0.15) is 10.4 Å². The standard InChI is InChI=1S/C18H11N5O/c19-9-12-5-7-13(8-6-12)10-22-23-18-17-16(20-11-21-18)14-3-1-2-4-15(14)24-17/h1-8,10-11H,(H,20,21,23)/b22-10-. The molecule has 2 aromatic carbocycles. The molecule has 0 spiro atoms. The predicted molar refractivity (Wildman–Crippen MR) is 91.7 cm³/mol. The molecule has 0 saturated heterocycles. The van der Waals surface area contributed by atoms with Crippen LogP contribution in [0.3, 0.4) is 0 Å². The monoisotopic (exact) mass is 313 g/mol. The van der Waals surface area contributed by atoms with Crippen molar-refractivity contribution in [2.75, 3.05) is 5.43 Å². The number of nitriles is 1. The quantitative estimate of drug-likeness (QED) is 0.460. The van der Waals surface area contributed by atoms with Crippen LogP contribution < -0.4 is 5.43 Å². The summed E-state index contributed by atoms with van der Waals surface area (Å²) in [5.41, 5.74) is 6.44. The Labute approximate surface area is 137 Å². The zero-order valence-electron chi connectivity index (χ0n) is 12.5. The van der Waals surface area contributed by atoms with E-state index in [1.165, 1.54) is 6.33 Å². The maximum atomic E-state index is 8.79. The molecule has 114 valence electrons. The molecule has 0 aliphatic rings. The van der Waals surface area contributed by atoms with E-state index in [9.17, 15) is 0 Å². The largest absolute Gasteiger partial charge is 0.450 e. The molecule has 0 aliphatic heterocycles. The van der Waals surface area contributed by atoms with E-state index in [0.717, 1.165) is 22.0 Å². The van der Waals surface area contributed by atoms with Gasteiger partial charge in [0, 0.05) is 5.39 Å². The summed E-state index contributed by atoms with van der Waals surface area (Å²) < 4.78 is 5.82. The smallest absolute Gasteiger partial charge is 0.197 e. The second-order valence-corrected chi connectivity index (χ2v) is 5.10. The number of hydrogen-bond donors (Lipinski definition) is 1. The first-order valence-electron chi connectivity index (χ1n) is 7.26. The van der Waals surface area contributed by atoms with Crippen LogP contribution in [-0.4, -0.2) is 16.2 Å². The van der Waals surface area contributed by atoms with Gasteiger partial charge in [0.25, 0.3) is 0 Å². The first kappa shape index (κ1) is 13.9. The highest BCUT2D eigenvalue weighted by molar-refractivity contribution is 6.05. The lowest BCUT2D eigenvalue weighted by Gasteiger charge is -1.99. The van der Waals surface area contributed by atoms with Crippen molar-refractivity contribution in [2.45, 2.75) is 0 Å². The molecule has 24 heavy (non-hydrogen) atoms. The summed E-state index contributed by atoms with van der Waals surface area (Å²) >= 11 is 0. The van der Waals surface area contributed by atoms with Gasteiger partial charge in [-0.25, -0.2) is 9.97 Å². The first-order valence-corrected chi connectivity index (χ1v) is 7.26. The van der Waals surface area contributed by atoms with E-state index >= 15 is 0 Å². The lowest BCUT2D eigenvalue weighted by molar-refractivity contribution is 0.667. The van der Waals surface area contributed by atoms with Crippen LogP contribution in [0.5, 0.6) is 0 Å². The van der Waals surface area contributed by atoms with Gasteiger partial charge in [-0.05, 0) is 29.8 Å². The van der Waals surface area contributed by atoms with Crippen LogP contribution in [0.2, 0.25) is 0 Å². The van der Waals surface area contributed by atoms with Crippen molar-refractivity contribution in [3.63, 3.8) is 0 Å². The summed E-state index contributed by atoms with van der Waals surface area (Å²) in [6.07, 6.45) is 3.13. The zero-order valence-corrected chi connectivity index (χ0v) is 12.5. The van der Waals surface area contributed by atoms with Crippen LogP contribution >= 0.6 is 0 Å². The normalized spacial score (nSPS) is 11.1. The first-order chi connectivity index (χ1) is 11.8. The molecule has 4 aromatic rings. The summed E-state index contributed by atoms with van der Waals surface area (Å²) in [5.74, 6) is 0.501. The van der Waals surface area contributed by atoms with Crippen molar-refractivity contribution in [3.8, 4) is 6.07 Å². The number of anilines is 1. The molecule has 1 N–H and O–H groups in total. The Kier molecular flexibility index (Phi) is 3.37. The average Bonchev–Trinajstić information content (AvgIpc) is 3.02. The van der Waals surface area contributed by atoms with Crippen molar-refractivity contribution < 1.29 is 4.42 Å². The van der Waals surface area contributed by atoms with Gasteiger partial charge in [0.2, 0.25) is 0 Å². The number of nitrogens with zero attached hydrogens (tertiary/aromatic N) is 4. The lowest BCUT2D eigenvalue weighted by atomic mass is 10.2. The SMILES string of the molecule is N#Cc1ccc(/C=N\Nc2ncnc3c2oc2ccccc23)cc1. The number of aromatic nitrogens is 2. The van der Waals surface area contributed by atoms with Crippen molar-refractivity contribution in [1.82, 2.24) is 9.97 Å². The molecule has 0 aliphatic carbocycles. The Morgan fingerprint density at radius 1 is 1.08 bits per heavy atom. The highest BCUT2D eigenvalue weighted by Crippen LogP contribution is 2.30. The number of furan rings is 1. The summed E-state index contributed by atoms with van der Waals surface area (Å²) in [6, 6.07) is 16.9. The van der Waals surface area contributed by atoms with Gasteiger partial charge in [-0.1, -0.05) is 24.3 Å². The Bertz CT molecular complexity index is 1090. The zero-order chi connectivity index (χ0) is 16.4. The van der Waals surface area contributed by atoms with Crippen LogP contribution in [0.25, 0.3) is 22.1 Å². The second kappa shape index (κ2) is 5.82. The molecule has 0 saturated carbocycles. The van der Waals surface area contributed by atoms with E-state index in [2.05, 4.69) is 26.6 Å².